The second-order valence-electron chi connectivity index (χ2n) is 2.48. The summed E-state index contributed by atoms with van der Waals surface area (Å²) in [7, 11) is 0.854. The van der Waals surface area contributed by atoms with Crippen LogP contribution in [0.1, 0.15) is 6.92 Å². The average Bonchev–Trinajstić information content (AvgIpc) is 2.20. The standard InChI is InChI=1S/C8H16O4Si/c1-5-8(9)12-7-13(6-2,10-3)11-4/h5H,1,6-7H2,2-4H3. The van der Waals surface area contributed by atoms with E-state index in [2.05, 4.69) is 6.58 Å². The van der Waals surface area contributed by atoms with Gasteiger partial charge in [0.25, 0.3) is 0 Å². The van der Waals surface area contributed by atoms with Crippen molar-refractivity contribution in [2.45, 2.75) is 13.0 Å². The molecule has 0 unspecified atom stereocenters. The Bertz CT molecular complexity index is 169. The molecule has 0 saturated carbocycles. The summed E-state index contributed by atoms with van der Waals surface area (Å²) in [5, 5.41) is 0. The van der Waals surface area contributed by atoms with Crippen LogP contribution in [0.5, 0.6) is 0 Å². The summed E-state index contributed by atoms with van der Waals surface area (Å²) in [6, 6.07) is 0.740. The van der Waals surface area contributed by atoms with Gasteiger partial charge in [-0.2, -0.15) is 0 Å². The molecule has 0 radical (unpaired) electrons. The highest BCUT2D eigenvalue weighted by atomic mass is 28.4. The second kappa shape index (κ2) is 5.90. The summed E-state index contributed by atoms with van der Waals surface area (Å²) < 4.78 is 15.4. The fourth-order valence-electron chi connectivity index (χ4n) is 0.832. The highest BCUT2D eigenvalue weighted by Crippen LogP contribution is 2.11. The van der Waals surface area contributed by atoms with Gasteiger partial charge in [0.1, 0.15) is 6.23 Å². The maximum Gasteiger partial charge on any atom is 0.376 e. The Morgan fingerprint density at radius 2 is 2.00 bits per heavy atom. The number of carbonyl (C=O) groups is 1. The Balaban J connectivity index is 4.09. The van der Waals surface area contributed by atoms with E-state index in [1.807, 2.05) is 6.92 Å². The maximum atomic E-state index is 10.8. The molecule has 0 rings (SSSR count). The molecule has 0 amide bonds. The predicted octanol–water partition coefficient (Wildman–Crippen LogP) is 1.01. The van der Waals surface area contributed by atoms with Crippen LogP contribution in [0.2, 0.25) is 6.04 Å². The van der Waals surface area contributed by atoms with Gasteiger partial charge in [-0.3, -0.25) is 0 Å². The second-order valence-corrected chi connectivity index (χ2v) is 6.12. The largest absolute Gasteiger partial charge is 0.461 e. The fourth-order valence-corrected chi connectivity index (χ4v) is 2.38. The average molecular weight is 204 g/mol. The van der Waals surface area contributed by atoms with E-state index >= 15 is 0 Å². The van der Waals surface area contributed by atoms with Crippen LogP contribution in [0.25, 0.3) is 0 Å². The Labute approximate surface area is 79.7 Å². The molecule has 4 nitrogen and oxygen atoms in total. The lowest BCUT2D eigenvalue weighted by molar-refractivity contribution is -0.136. The molecule has 0 aliphatic rings. The van der Waals surface area contributed by atoms with Gasteiger partial charge in [0.2, 0.25) is 0 Å². The van der Waals surface area contributed by atoms with Crippen molar-refractivity contribution in [2.75, 3.05) is 20.4 Å². The summed E-state index contributed by atoms with van der Waals surface area (Å²) >= 11 is 0. The van der Waals surface area contributed by atoms with E-state index < -0.39 is 14.5 Å². The highest BCUT2D eigenvalue weighted by Gasteiger charge is 2.35. The third-order valence-corrected chi connectivity index (χ3v) is 5.03. The normalized spacial score (nSPS) is 11.0. The first-order valence-electron chi connectivity index (χ1n) is 4.03. The summed E-state index contributed by atoms with van der Waals surface area (Å²) in [6.45, 7) is 5.24. The van der Waals surface area contributed by atoms with E-state index in [-0.39, 0.29) is 6.23 Å². The molecule has 0 N–H and O–H groups in total. The minimum absolute atomic E-state index is 0.210. The molecule has 0 aliphatic heterocycles. The molecular weight excluding hydrogens is 188 g/mol. The van der Waals surface area contributed by atoms with Gasteiger partial charge in [-0.05, 0) is 6.04 Å². The van der Waals surface area contributed by atoms with Crippen molar-refractivity contribution >= 4 is 14.5 Å². The minimum atomic E-state index is -2.29. The topological polar surface area (TPSA) is 44.8 Å². The molecule has 0 atom stereocenters. The molecule has 0 aromatic rings. The number of ether oxygens (including phenoxy) is 1. The van der Waals surface area contributed by atoms with E-state index in [1.54, 1.807) is 14.2 Å². The van der Waals surface area contributed by atoms with Crippen LogP contribution in [0, 0.1) is 0 Å². The van der Waals surface area contributed by atoms with Crippen molar-refractivity contribution in [1.29, 1.82) is 0 Å². The Kier molecular flexibility index (Phi) is 5.61. The van der Waals surface area contributed by atoms with Crippen molar-refractivity contribution in [3.8, 4) is 0 Å². The summed E-state index contributed by atoms with van der Waals surface area (Å²) in [5.74, 6) is -0.445. The van der Waals surface area contributed by atoms with Crippen molar-refractivity contribution in [1.82, 2.24) is 0 Å². The van der Waals surface area contributed by atoms with Crippen molar-refractivity contribution in [3.05, 3.63) is 12.7 Å². The lowest BCUT2D eigenvalue weighted by atomic mass is 10.7. The van der Waals surface area contributed by atoms with E-state index in [0.29, 0.717) is 0 Å². The van der Waals surface area contributed by atoms with Crippen LogP contribution in [-0.2, 0) is 18.4 Å². The molecule has 0 aromatic heterocycles. The quantitative estimate of drug-likeness (QED) is 0.368. The molecule has 76 valence electrons. The first kappa shape index (κ1) is 12.3. The molecule has 0 saturated heterocycles. The molecule has 0 aromatic carbocycles. The molecule has 0 heterocycles. The number of hydrogen-bond acceptors (Lipinski definition) is 4. The van der Waals surface area contributed by atoms with Gasteiger partial charge in [0.05, 0.1) is 0 Å². The van der Waals surface area contributed by atoms with Crippen LogP contribution < -0.4 is 0 Å². The number of rotatable bonds is 6. The summed E-state index contributed by atoms with van der Waals surface area (Å²) in [6.07, 6.45) is 1.33. The zero-order valence-electron chi connectivity index (χ0n) is 8.33. The third-order valence-electron chi connectivity index (χ3n) is 1.88. The van der Waals surface area contributed by atoms with Crippen LogP contribution in [0.3, 0.4) is 0 Å². The Hall–Kier alpha value is -0.653. The monoisotopic (exact) mass is 204 g/mol. The smallest absolute Gasteiger partial charge is 0.376 e. The molecule has 0 spiro atoms. The van der Waals surface area contributed by atoms with Crippen molar-refractivity contribution < 1.29 is 18.4 Å². The Morgan fingerprint density at radius 1 is 1.46 bits per heavy atom. The molecule has 13 heavy (non-hydrogen) atoms. The first-order valence-corrected chi connectivity index (χ1v) is 6.26. The zero-order chi connectivity index (χ0) is 10.3. The van der Waals surface area contributed by atoms with Crippen LogP contribution in [0.4, 0.5) is 0 Å². The van der Waals surface area contributed by atoms with Gasteiger partial charge < -0.3 is 13.6 Å². The van der Waals surface area contributed by atoms with E-state index in [9.17, 15) is 4.79 Å². The lowest BCUT2D eigenvalue weighted by Gasteiger charge is -2.24. The van der Waals surface area contributed by atoms with Gasteiger partial charge in [-0.15, -0.1) is 0 Å². The highest BCUT2D eigenvalue weighted by molar-refractivity contribution is 6.67. The zero-order valence-corrected chi connectivity index (χ0v) is 9.33. The number of carbonyl (C=O) groups excluding carboxylic acids is 1. The number of esters is 1. The van der Waals surface area contributed by atoms with Crippen molar-refractivity contribution in [3.63, 3.8) is 0 Å². The molecular formula is C8H16O4Si. The minimum Gasteiger partial charge on any atom is -0.461 e. The molecule has 0 bridgehead atoms. The molecule has 0 fully saturated rings. The SMILES string of the molecule is C=CC(=O)OC[Si](CC)(OC)OC. The number of hydrogen-bond donors (Lipinski definition) is 0. The van der Waals surface area contributed by atoms with Gasteiger partial charge in [0.15, 0.2) is 0 Å². The van der Waals surface area contributed by atoms with Gasteiger partial charge in [-0.1, -0.05) is 13.5 Å². The Morgan fingerprint density at radius 3 is 2.31 bits per heavy atom. The van der Waals surface area contributed by atoms with Crippen LogP contribution in [0.15, 0.2) is 12.7 Å². The van der Waals surface area contributed by atoms with Gasteiger partial charge in [-0.25, -0.2) is 4.79 Å². The predicted molar refractivity (Wildman–Crippen MR) is 51.4 cm³/mol. The van der Waals surface area contributed by atoms with Gasteiger partial charge in [0, 0.05) is 20.3 Å². The van der Waals surface area contributed by atoms with E-state index in [4.69, 9.17) is 13.6 Å². The first-order chi connectivity index (χ1) is 6.14. The van der Waals surface area contributed by atoms with E-state index in [0.717, 1.165) is 12.1 Å². The summed E-state index contributed by atoms with van der Waals surface area (Å²) in [5.41, 5.74) is 0. The van der Waals surface area contributed by atoms with Crippen LogP contribution >= 0.6 is 0 Å². The van der Waals surface area contributed by atoms with Gasteiger partial charge >= 0.3 is 14.5 Å². The van der Waals surface area contributed by atoms with Crippen molar-refractivity contribution in [2.24, 2.45) is 0 Å². The third kappa shape index (κ3) is 3.71. The van der Waals surface area contributed by atoms with E-state index in [1.165, 1.54) is 0 Å². The maximum absolute atomic E-state index is 10.8. The lowest BCUT2D eigenvalue weighted by Crippen LogP contribution is -2.45. The molecule has 0 aliphatic carbocycles. The fraction of sp³-hybridized carbons (Fsp3) is 0.625. The van der Waals surface area contributed by atoms with Crippen LogP contribution in [-0.4, -0.2) is 35.0 Å². The summed E-state index contributed by atoms with van der Waals surface area (Å²) in [4.78, 5) is 10.8. The molecule has 5 heteroatoms.